The van der Waals surface area contributed by atoms with Crippen molar-refractivity contribution < 1.29 is 35.5 Å². The lowest BCUT2D eigenvalue weighted by Gasteiger charge is -2.15. The minimum Gasteiger partial charge on any atom is -0.464 e. The molecule has 0 atom stereocenters. The van der Waals surface area contributed by atoms with E-state index in [9.17, 15) is 30.8 Å². The fraction of sp³-hybridized carbons (Fsp3) is 0.143. The maximum atomic E-state index is 13.4. The van der Waals surface area contributed by atoms with Crippen molar-refractivity contribution in [1.82, 2.24) is 4.57 Å². The second-order valence-electron chi connectivity index (χ2n) is 4.84. The minimum atomic E-state index is -5.97. The number of nitrogens with zero attached hydrogens (tertiary/aromatic N) is 2. The summed E-state index contributed by atoms with van der Waals surface area (Å²) in [7, 11) is -5.03. The quantitative estimate of drug-likeness (QED) is 0.633. The van der Waals surface area contributed by atoms with E-state index in [1.165, 1.54) is 0 Å². The van der Waals surface area contributed by atoms with Gasteiger partial charge in [0.1, 0.15) is 16.8 Å². The number of aromatic nitrogens is 1. The summed E-state index contributed by atoms with van der Waals surface area (Å²) in [6.07, 6.45) is 0.851. The third-order valence-electron chi connectivity index (χ3n) is 3.32. The van der Waals surface area contributed by atoms with Crippen molar-refractivity contribution in [3.8, 4) is 11.8 Å². The number of anilines is 1. The van der Waals surface area contributed by atoms with Gasteiger partial charge in [0.05, 0.1) is 24.0 Å². The summed E-state index contributed by atoms with van der Waals surface area (Å²) in [5.41, 5.74) is -2.16. The number of halogens is 4. The molecule has 0 aliphatic heterocycles. The number of ether oxygens (including phenoxy) is 1. The number of carbonyl (C=O) groups is 1. The first kappa shape index (κ1) is 19.3. The van der Waals surface area contributed by atoms with Crippen LogP contribution in [0.3, 0.4) is 0 Å². The standard InChI is InChI=1S/C14H9F4N3O4S/c1-25-13(22)12-11(20)7(5-19)6-21(12)9-3-2-8(15)4-10(9)26(23,24)14(16,17)18/h2-4,6H,20H2,1H3. The van der Waals surface area contributed by atoms with Crippen LogP contribution in [0.2, 0.25) is 0 Å². The maximum absolute atomic E-state index is 13.4. The van der Waals surface area contributed by atoms with Crippen LogP contribution in [0, 0.1) is 17.1 Å². The molecule has 0 aliphatic carbocycles. The first-order valence-corrected chi connectivity index (χ1v) is 8.04. The molecular weight excluding hydrogens is 382 g/mol. The van der Waals surface area contributed by atoms with E-state index in [0.29, 0.717) is 16.7 Å². The Kier molecular flexibility index (Phi) is 4.69. The van der Waals surface area contributed by atoms with Crippen molar-refractivity contribution in [2.45, 2.75) is 10.4 Å². The van der Waals surface area contributed by atoms with Gasteiger partial charge in [-0.1, -0.05) is 0 Å². The molecule has 1 aromatic heterocycles. The lowest BCUT2D eigenvalue weighted by atomic mass is 10.2. The summed E-state index contributed by atoms with van der Waals surface area (Å²) in [4.78, 5) is 10.5. The van der Waals surface area contributed by atoms with Crippen molar-refractivity contribution in [3.63, 3.8) is 0 Å². The number of nitriles is 1. The Bertz CT molecular complexity index is 1040. The van der Waals surface area contributed by atoms with Gasteiger partial charge in [-0.25, -0.2) is 17.6 Å². The predicted molar refractivity (Wildman–Crippen MR) is 79.4 cm³/mol. The van der Waals surface area contributed by atoms with E-state index in [0.717, 1.165) is 13.3 Å². The number of carbonyl (C=O) groups excluding carboxylic acids is 1. The molecule has 0 aliphatic rings. The molecule has 0 radical (unpaired) electrons. The van der Waals surface area contributed by atoms with Gasteiger partial charge in [-0.2, -0.15) is 18.4 Å². The van der Waals surface area contributed by atoms with Crippen LogP contribution in [0.15, 0.2) is 29.3 Å². The number of nitrogens with two attached hydrogens (primary N) is 1. The first-order valence-electron chi connectivity index (χ1n) is 6.56. The highest BCUT2D eigenvalue weighted by molar-refractivity contribution is 7.92. The Labute approximate surface area is 144 Å². The average Bonchev–Trinajstić information content (AvgIpc) is 2.89. The molecule has 2 rings (SSSR count). The van der Waals surface area contributed by atoms with Crippen molar-refractivity contribution in [2.75, 3.05) is 12.8 Å². The Morgan fingerprint density at radius 2 is 1.96 bits per heavy atom. The van der Waals surface area contributed by atoms with E-state index in [2.05, 4.69) is 4.74 Å². The highest BCUT2D eigenvalue weighted by atomic mass is 32.2. The Hall–Kier alpha value is -3.07. The molecular formula is C14H9F4N3O4S. The van der Waals surface area contributed by atoms with Gasteiger partial charge in [-0.15, -0.1) is 0 Å². The van der Waals surface area contributed by atoms with Crippen molar-refractivity contribution in [3.05, 3.63) is 41.5 Å². The molecule has 1 aromatic carbocycles. The highest BCUT2D eigenvalue weighted by Gasteiger charge is 2.48. The van der Waals surface area contributed by atoms with Gasteiger partial charge >= 0.3 is 11.5 Å². The molecule has 1 heterocycles. The molecule has 0 fully saturated rings. The van der Waals surface area contributed by atoms with Crippen LogP contribution >= 0.6 is 0 Å². The van der Waals surface area contributed by atoms with Crippen LogP contribution in [0.25, 0.3) is 5.69 Å². The van der Waals surface area contributed by atoms with Gasteiger partial charge in [0, 0.05) is 6.20 Å². The van der Waals surface area contributed by atoms with Crippen LogP contribution in [-0.4, -0.2) is 31.6 Å². The monoisotopic (exact) mass is 391 g/mol. The Balaban J connectivity index is 2.93. The molecule has 12 heteroatoms. The lowest BCUT2D eigenvalue weighted by molar-refractivity contribution is -0.0436. The van der Waals surface area contributed by atoms with Crippen LogP contribution in [0.4, 0.5) is 23.2 Å². The molecule has 7 nitrogen and oxygen atoms in total. The van der Waals surface area contributed by atoms with Crippen molar-refractivity contribution in [1.29, 1.82) is 5.26 Å². The van der Waals surface area contributed by atoms with E-state index in [1.54, 1.807) is 6.07 Å². The van der Waals surface area contributed by atoms with Gasteiger partial charge in [-0.05, 0) is 18.2 Å². The van der Waals surface area contributed by atoms with Gasteiger partial charge in [0.2, 0.25) is 0 Å². The number of hydrogen-bond donors (Lipinski definition) is 1. The van der Waals surface area contributed by atoms with Crippen LogP contribution in [0.1, 0.15) is 16.1 Å². The molecule has 0 saturated carbocycles. The predicted octanol–water partition coefficient (Wildman–Crippen LogP) is 2.15. The third kappa shape index (κ3) is 2.97. The fourth-order valence-electron chi connectivity index (χ4n) is 2.13. The summed E-state index contributed by atoms with van der Waals surface area (Å²) in [6.45, 7) is 0. The van der Waals surface area contributed by atoms with E-state index in [-0.39, 0.29) is 11.6 Å². The molecule has 26 heavy (non-hydrogen) atoms. The normalized spacial score (nSPS) is 11.8. The first-order chi connectivity index (χ1) is 12.0. The van der Waals surface area contributed by atoms with Gasteiger partial charge < -0.3 is 15.0 Å². The molecule has 138 valence electrons. The topological polar surface area (TPSA) is 115 Å². The highest BCUT2D eigenvalue weighted by Crippen LogP contribution is 2.36. The number of benzene rings is 1. The second-order valence-corrected chi connectivity index (χ2v) is 6.75. The lowest BCUT2D eigenvalue weighted by Crippen LogP contribution is -2.25. The summed E-state index contributed by atoms with van der Waals surface area (Å²) in [5, 5.41) is 9.01. The van der Waals surface area contributed by atoms with Crippen molar-refractivity contribution >= 4 is 21.5 Å². The van der Waals surface area contributed by atoms with Crippen LogP contribution in [-0.2, 0) is 14.6 Å². The molecule has 2 N–H and O–H groups in total. The minimum absolute atomic E-state index is 0.154. The zero-order valence-corrected chi connectivity index (χ0v) is 13.7. The molecule has 0 bridgehead atoms. The third-order valence-corrected chi connectivity index (χ3v) is 4.83. The fourth-order valence-corrected chi connectivity index (χ4v) is 3.09. The summed E-state index contributed by atoms with van der Waals surface area (Å²) >= 11 is 0. The van der Waals surface area contributed by atoms with Crippen LogP contribution in [0.5, 0.6) is 0 Å². The van der Waals surface area contributed by atoms with Gasteiger partial charge in [-0.3, -0.25) is 0 Å². The number of sulfone groups is 1. The molecule has 0 spiro atoms. The molecule has 0 unspecified atom stereocenters. The van der Waals surface area contributed by atoms with E-state index >= 15 is 0 Å². The van der Waals surface area contributed by atoms with Gasteiger partial charge in [0.15, 0.2) is 5.69 Å². The number of esters is 1. The Morgan fingerprint density at radius 3 is 2.46 bits per heavy atom. The number of methoxy groups -OCH3 is 1. The van der Waals surface area contributed by atoms with Crippen LogP contribution < -0.4 is 5.73 Å². The van der Waals surface area contributed by atoms with E-state index in [4.69, 9.17) is 11.0 Å². The second kappa shape index (κ2) is 6.34. The Morgan fingerprint density at radius 1 is 1.35 bits per heavy atom. The summed E-state index contributed by atoms with van der Waals surface area (Å²) < 4.78 is 80.9. The van der Waals surface area contributed by atoms with Gasteiger partial charge in [0.25, 0.3) is 9.84 Å². The number of alkyl halides is 3. The van der Waals surface area contributed by atoms with E-state index < -0.39 is 49.1 Å². The zero-order valence-electron chi connectivity index (χ0n) is 12.8. The summed E-state index contributed by atoms with van der Waals surface area (Å²) in [6, 6.07) is 3.16. The van der Waals surface area contributed by atoms with Crippen molar-refractivity contribution in [2.24, 2.45) is 0 Å². The number of hydrogen-bond acceptors (Lipinski definition) is 6. The maximum Gasteiger partial charge on any atom is 0.501 e. The zero-order chi connectivity index (χ0) is 19.9. The SMILES string of the molecule is COC(=O)c1c(N)c(C#N)cn1-c1ccc(F)cc1S(=O)(=O)C(F)(F)F. The summed E-state index contributed by atoms with van der Waals surface area (Å²) in [5.74, 6) is -2.39. The number of nitrogen functional groups attached to an aromatic ring is 1. The molecule has 0 saturated heterocycles. The molecule has 0 amide bonds. The smallest absolute Gasteiger partial charge is 0.464 e. The largest absolute Gasteiger partial charge is 0.501 e. The number of rotatable bonds is 3. The molecule has 2 aromatic rings. The average molecular weight is 391 g/mol. The van der Waals surface area contributed by atoms with E-state index in [1.807, 2.05) is 0 Å².